The second-order valence-corrected chi connectivity index (χ2v) is 12.1. The molecule has 3 aliphatic heterocycles. The average Bonchev–Trinajstić information content (AvgIpc) is 2.93. The molecule has 3 saturated heterocycles. The fraction of sp³-hybridized carbons (Fsp3) is 0.621. The summed E-state index contributed by atoms with van der Waals surface area (Å²) in [7, 11) is 0. The van der Waals surface area contributed by atoms with Gasteiger partial charge in [0.1, 0.15) is 17.9 Å². The molecule has 0 saturated carbocycles. The lowest BCUT2D eigenvalue weighted by atomic mass is 9.72. The van der Waals surface area contributed by atoms with Crippen LogP contribution >= 0.6 is 0 Å². The molecule has 0 bridgehead atoms. The fourth-order valence-corrected chi connectivity index (χ4v) is 6.05. The van der Waals surface area contributed by atoms with Gasteiger partial charge in [-0.15, -0.1) is 0 Å². The number of aliphatic hydroxyl groups is 1. The van der Waals surface area contributed by atoms with E-state index in [1.54, 1.807) is 13.8 Å². The van der Waals surface area contributed by atoms with Gasteiger partial charge in [-0.2, -0.15) is 0 Å². The second-order valence-electron chi connectivity index (χ2n) is 12.1. The predicted molar refractivity (Wildman–Crippen MR) is 149 cm³/mol. The number of aromatic nitrogens is 2. The van der Waals surface area contributed by atoms with Gasteiger partial charge in [0.25, 0.3) is 12.3 Å². The fourth-order valence-electron chi connectivity index (χ4n) is 6.05. The Labute approximate surface area is 243 Å². The van der Waals surface area contributed by atoms with Gasteiger partial charge in [0.15, 0.2) is 17.4 Å². The van der Waals surface area contributed by atoms with Crippen molar-refractivity contribution in [1.82, 2.24) is 19.8 Å². The SMILES string of the molecule is CC(C)N(CC(F)F)C(=O)c1cc(F)ccc1Oc1cncnc1N1CC2(CCN(C[C@@]3(O)CC[C@@H](N)CO3)CC2)C1. The summed E-state index contributed by atoms with van der Waals surface area (Å²) < 4.78 is 52.3. The first-order chi connectivity index (χ1) is 20.0. The molecule has 1 spiro atoms. The van der Waals surface area contributed by atoms with Crippen LogP contribution in [0.3, 0.4) is 0 Å². The Kier molecular flexibility index (Phi) is 8.93. The van der Waals surface area contributed by atoms with Gasteiger partial charge in [-0.25, -0.2) is 23.1 Å². The first-order valence-electron chi connectivity index (χ1n) is 14.4. The number of amides is 1. The number of likely N-dealkylation sites (tertiary alicyclic amines) is 1. The molecule has 10 nitrogen and oxygen atoms in total. The van der Waals surface area contributed by atoms with Crippen LogP contribution in [0.2, 0.25) is 0 Å². The van der Waals surface area contributed by atoms with Crippen LogP contribution in [0, 0.1) is 11.2 Å². The number of carbonyl (C=O) groups is 1. The van der Waals surface area contributed by atoms with E-state index in [1.807, 2.05) is 0 Å². The largest absolute Gasteiger partial charge is 0.451 e. The number of ether oxygens (including phenoxy) is 2. The number of piperidine rings is 1. The van der Waals surface area contributed by atoms with Gasteiger partial charge in [0, 0.05) is 37.0 Å². The Balaban J connectivity index is 1.24. The van der Waals surface area contributed by atoms with Gasteiger partial charge in [-0.1, -0.05) is 0 Å². The summed E-state index contributed by atoms with van der Waals surface area (Å²) in [4.78, 5) is 27.0. The molecule has 0 aliphatic carbocycles. The van der Waals surface area contributed by atoms with Crippen molar-refractivity contribution in [2.75, 3.05) is 50.8 Å². The van der Waals surface area contributed by atoms with E-state index in [0.29, 0.717) is 25.4 Å². The van der Waals surface area contributed by atoms with Crippen molar-refractivity contribution in [2.24, 2.45) is 11.1 Å². The molecule has 5 rings (SSSR count). The Bertz CT molecular complexity index is 1240. The third-order valence-electron chi connectivity index (χ3n) is 8.48. The highest BCUT2D eigenvalue weighted by Gasteiger charge is 2.47. The third kappa shape index (κ3) is 6.80. The first kappa shape index (κ1) is 30.5. The van der Waals surface area contributed by atoms with E-state index in [4.69, 9.17) is 15.2 Å². The molecule has 42 heavy (non-hydrogen) atoms. The maximum absolute atomic E-state index is 14.2. The van der Waals surface area contributed by atoms with Crippen molar-refractivity contribution in [3.05, 3.63) is 42.1 Å². The minimum atomic E-state index is -2.74. The van der Waals surface area contributed by atoms with E-state index in [1.165, 1.54) is 18.6 Å². The smallest absolute Gasteiger partial charge is 0.258 e. The molecule has 230 valence electrons. The minimum Gasteiger partial charge on any atom is -0.451 e. The van der Waals surface area contributed by atoms with Crippen molar-refractivity contribution in [1.29, 1.82) is 0 Å². The maximum Gasteiger partial charge on any atom is 0.258 e. The van der Waals surface area contributed by atoms with Crippen molar-refractivity contribution in [2.45, 2.75) is 63.8 Å². The van der Waals surface area contributed by atoms with Crippen LogP contribution < -0.4 is 15.4 Å². The lowest BCUT2D eigenvalue weighted by Crippen LogP contribution is -2.62. The topological polar surface area (TPSA) is 117 Å². The number of nitrogens with zero attached hydrogens (tertiary/aromatic N) is 5. The maximum atomic E-state index is 14.2. The molecular weight excluding hydrogens is 553 g/mol. The van der Waals surface area contributed by atoms with E-state index in [0.717, 1.165) is 62.5 Å². The molecule has 13 heteroatoms. The number of β-amino-alcohol motifs (C(OH)–C–C–N with tert-alkyl or cyclic N) is 1. The van der Waals surface area contributed by atoms with Gasteiger partial charge in [-0.05, 0) is 64.4 Å². The van der Waals surface area contributed by atoms with Gasteiger partial charge in [0.05, 0.1) is 31.5 Å². The Hall–Kier alpha value is -3.00. The van der Waals surface area contributed by atoms with Crippen LogP contribution in [0.15, 0.2) is 30.7 Å². The van der Waals surface area contributed by atoms with Gasteiger partial charge in [-0.3, -0.25) is 9.69 Å². The summed E-state index contributed by atoms with van der Waals surface area (Å²) in [5.41, 5.74) is 5.84. The molecule has 3 aliphatic rings. The number of hydrogen-bond acceptors (Lipinski definition) is 9. The number of benzene rings is 1. The molecule has 0 unspecified atom stereocenters. The van der Waals surface area contributed by atoms with Crippen LogP contribution in [-0.2, 0) is 4.74 Å². The first-order valence-corrected chi connectivity index (χ1v) is 14.4. The van der Waals surface area contributed by atoms with Crippen LogP contribution in [-0.4, -0.2) is 101 Å². The molecule has 2 aromatic rings. The highest BCUT2D eigenvalue weighted by atomic mass is 19.3. The monoisotopic (exact) mass is 592 g/mol. The minimum absolute atomic E-state index is 0.0260. The van der Waals surface area contributed by atoms with Crippen LogP contribution in [0.5, 0.6) is 11.5 Å². The quantitative estimate of drug-likeness (QED) is 0.453. The van der Waals surface area contributed by atoms with Gasteiger partial charge < -0.3 is 30.1 Å². The normalized spacial score (nSPS) is 24.2. The number of carbonyl (C=O) groups excluding carboxylic acids is 1. The average molecular weight is 593 g/mol. The molecule has 3 N–H and O–H groups in total. The van der Waals surface area contributed by atoms with Gasteiger partial charge >= 0.3 is 0 Å². The van der Waals surface area contributed by atoms with E-state index in [9.17, 15) is 23.1 Å². The molecular formula is C29H39F3N6O4. The lowest BCUT2D eigenvalue weighted by Gasteiger charge is -2.55. The molecule has 2 atom stereocenters. The predicted octanol–water partition coefficient (Wildman–Crippen LogP) is 3.25. The summed E-state index contributed by atoms with van der Waals surface area (Å²) >= 11 is 0. The van der Waals surface area contributed by atoms with Crippen LogP contribution in [0.25, 0.3) is 0 Å². The zero-order chi connectivity index (χ0) is 30.1. The van der Waals surface area contributed by atoms with E-state index >= 15 is 0 Å². The third-order valence-corrected chi connectivity index (χ3v) is 8.48. The molecule has 4 heterocycles. The number of hydrogen-bond donors (Lipinski definition) is 2. The summed E-state index contributed by atoms with van der Waals surface area (Å²) in [5.74, 6) is -1.73. The van der Waals surface area contributed by atoms with Crippen LogP contribution in [0.1, 0.15) is 49.9 Å². The second kappa shape index (κ2) is 12.3. The standard InChI is InChI=1S/C29H39F3N6O4/c1-19(2)38(13-25(31)32)27(39)22-11-20(30)3-4-23(22)42-24-12-34-18-35-26(24)37-15-28(16-37)7-9-36(10-8-28)17-29(40)6-5-21(33)14-41-29/h3-4,11-12,18-19,21,25,40H,5-10,13-17,33H2,1-2H3/t21-,29-/m1/s1. The number of rotatable bonds is 9. The zero-order valence-corrected chi connectivity index (χ0v) is 24.0. The summed E-state index contributed by atoms with van der Waals surface area (Å²) in [6, 6.07) is 2.90. The zero-order valence-electron chi connectivity index (χ0n) is 24.0. The van der Waals surface area contributed by atoms with Crippen molar-refractivity contribution in [3.8, 4) is 11.5 Å². The summed E-state index contributed by atoms with van der Waals surface area (Å²) in [5, 5.41) is 10.8. The highest BCUT2D eigenvalue weighted by molar-refractivity contribution is 5.97. The number of nitrogens with two attached hydrogens (primary N) is 1. The lowest BCUT2D eigenvalue weighted by molar-refractivity contribution is -0.238. The Morgan fingerprint density at radius 2 is 1.98 bits per heavy atom. The van der Waals surface area contributed by atoms with Crippen molar-refractivity contribution < 1.29 is 32.5 Å². The molecule has 3 fully saturated rings. The summed E-state index contributed by atoms with van der Waals surface area (Å²) in [6.45, 7) is 6.46. The number of anilines is 1. The van der Waals surface area contributed by atoms with Crippen molar-refractivity contribution >= 4 is 11.7 Å². The molecule has 0 radical (unpaired) electrons. The van der Waals surface area contributed by atoms with Gasteiger partial charge in [0.2, 0.25) is 0 Å². The summed E-state index contributed by atoms with van der Waals surface area (Å²) in [6.07, 6.45) is 3.32. The van der Waals surface area contributed by atoms with Crippen LogP contribution in [0.4, 0.5) is 19.0 Å². The molecule has 1 aromatic heterocycles. The molecule has 1 aromatic carbocycles. The van der Waals surface area contributed by atoms with E-state index in [-0.39, 0.29) is 28.5 Å². The Morgan fingerprint density at radius 3 is 2.62 bits per heavy atom. The highest BCUT2D eigenvalue weighted by Crippen LogP contribution is 2.45. The number of alkyl halides is 2. The number of halogens is 3. The van der Waals surface area contributed by atoms with Crippen molar-refractivity contribution in [3.63, 3.8) is 0 Å². The van der Waals surface area contributed by atoms with E-state index in [2.05, 4.69) is 19.8 Å². The van der Waals surface area contributed by atoms with E-state index < -0.39 is 36.5 Å². The Morgan fingerprint density at radius 1 is 1.24 bits per heavy atom. The molecule has 1 amide bonds.